The van der Waals surface area contributed by atoms with Crippen molar-refractivity contribution in [1.29, 1.82) is 0 Å². The number of nitrogens with zero attached hydrogens (tertiary/aromatic N) is 1. The first-order valence-electron chi connectivity index (χ1n) is 10.6. The van der Waals surface area contributed by atoms with Crippen LogP contribution < -0.4 is 0 Å². The largest absolute Gasteiger partial charge is 0.396 e. The lowest BCUT2D eigenvalue weighted by molar-refractivity contribution is -0.151. The zero-order chi connectivity index (χ0) is 18.7. The van der Waals surface area contributed by atoms with Crippen LogP contribution in [0.25, 0.3) is 4.85 Å². The Balaban J connectivity index is 1.74. The molecule has 4 rings (SSSR count). The Morgan fingerprint density at radius 2 is 2.04 bits per heavy atom. The zero-order valence-electron chi connectivity index (χ0n) is 16.6. The van der Waals surface area contributed by atoms with Gasteiger partial charge in [0.25, 0.3) is 0 Å². The molecule has 0 bridgehead atoms. The summed E-state index contributed by atoms with van der Waals surface area (Å²) in [6.07, 6.45) is 8.19. The van der Waals surface area contributed by atoms with E-state index in [-0.39, 0.29) is 17.4 Å². The molecule has 0 radical (unpaired) electrons. The number of aliphatic hydroxyl groups is 1. The number of aliphatic hydroxyl groups excluding tert-OH is 1. The van der Waals surface area contributed by atoms with E-state index in [9.17, 15) is 9.90 Å². The van der Waals surface area contributed by atoms with Crippen LogP contribution in [-0.2, 0) is 4.79 Å². The molecule has 7 atom stereocenters. The van der Waals surface area contributed by atoms with Crippen molar-refractivity contribution in [3.05, 3.63) is 22.7 Å². The number of hydrogen-bond donors (Lipinski definition) is 1. The third kappa shape index (κ3) is 2.37. The molecule has 1 N–H and O–H groups in total. The molecule has 0 aromatic heterocycles. The molecule has 0 saturated heterocycles. The van der Waals surface area contributed by atoms with E-state index in [4.69, 9.17) is 6.57 Å². The predicted molar refractivity (Wildman–Crippen MR) is 102 cm³/mol. The van der Waals surface area contributed by atoms with Gasteiger partial charge in [-0.2, -0.15) is 0 Å². The lowest BCUT2D eigenvalue weighted by Gasteiger charge is -2.62. The average Bonchev–Trinajstić information content (AvgIpc) is 2.97. The molecule has 4 aliphatic rings. The molecule has 3 nitrogen and oxygen atoms in total. The van der Waals surface area contributed by atoms with Crippen LogP contribution in [0.1, 0.15) is 72.1 Å². The van der Waals surface area contributed by atoms with Crippen molar-refractivity contribution in [3.8, 4) is 0 Å². The van der Waals surface area contributed by atoms with Crippen LogP contribution in [0.4, 0.5) is 0 Å². The molecule has 142 valence electrons. The van der Waals surface area contributed by atoms with Gasteiger partial charge in [0.2, 0.25) is 0 Å². The number of carbonyl (C=O) groups is 1. The van der Waals surface area contributed by atoms with Crippen molar-refractivity contribution >= 4 is 5.78 Å². The fourth-order valence-electron chi connectivity index (χ4n) is 8.10. The van der Waals surface area contributed by atoms with Crippen molar-refractivity contribution in [1.82, 2.24) is 0 Å². The fourth-order valence-corrected chi connectivity index (χ4v) is 8.10. The number of carbonyl (C=O) groups excluding carboxylic acids is 1. The van der Waals surface area contributed by atoms with E-state index in [1.807, 2.05) is 6.92 Å². The summed E-state index contributed by atoms with van der Waals surface area (Å²) in [5.74, 6) is 3.13. The Kier molecular flexibility index (Phi) is 4.35. The molecule has 26 heavy (non-hydrogen) atoms. The smallest absolute Gasteiger partial charge is 0.162 e. The lowest BCUT2D eigenvalue weighted by atomic mass is 9.42. The number of ketones is 1. The number of hydrogen-bond acceptors (Lipinski definition) is 2. The maximum Gasteiger partial charge on any atom is 0.162 e. The van der Waals surface area contributed by atoms with Crippen LogP contribution in [0.5, 0.6) is 0 Å². The molecule has 0 aromatic carbocycles. The molecular weight excluding hydrogens is 322 g/mol. The molecule has 4 fully saturated rings. The van der Waals surface area contributed by atoms with Gasteiger partial charge in [-0.15, -0.1) is 0 Å². The van der Waals surface area contributed by atoms with E-state index in [0.717, 1.165) is 37.8 Å². The van der Waals surface area contributed by atoms with Gasteiger partial charge in [0.15, 0.2) is 5.70 Å². The molecule has 4 aliphatic carbocycles. The van der Waals surface area contributed by atoms with Gasteiger partial charge in [-0.3, -0.25) is 4.79 Å². The van der Waals surface area contributed by atoms with E-state index >= 15 is 0 Å². The van der Waals surface area contributed by atoms with Crippen molar-refractivity contribution < 1.29 is 9.90 Å². The lowest BCUT2D eigenvalue weighted by Crippen LogP contribution is -2.57. The minimum Gasteiger partial charge on any atom is -0.396 e. The first-order valence-corrected chi connectivity index (χ1v) is 10.6. The highest BCUT2D eigenvalue weighted by atomic mass is 16.3. The number of fused-ring (bicyclic) bond motifs is 5. The standard InChI is InChI=1S/C23H33NO2/c1-14(24-4)19-7-8-20-18-6-5-16-11-17(26)9-10-22(16,2)21(18)15(13-25)12-23(19,20)3/h15-16,18,20-21,25H,5-13H2,1-3H3/b19-14-/t15-,16+,18+,20+,21+,22+,23-/m1/s1. The second-order valence-electron chi connectivity index (χ2n) is 10.1. The minimum atomic E-state index is 0.0941. The first-order chi connectivity index (χ1) is 12.3. The van der Waals surface area contributed by atoms with E-state index < -0.39 is 0 Å². The number of rotatable bonds is 1. The van der Waals surface area contributed by atoms with Crippen molar-refractivity contribution in [3.63, 3.8) is 0 Å². The molecule has 3 heteroatoms. The van der Waals surface area contributed by atoms with Crippen LogP contribution >= 0.6 is 0 Å². The van der Waals surface area contributed by atoms with E-state index in [0.29, 0.717) is 35.4 Å². The zero-order valence-corrected chi connectivity index (χ0v) is 16.6. The van der Waals surface area contributed by atoms with Crippen molar-refractivity contribution in [2.45, 2.75) is 72.1 Å². The first kappa shape index (κ1) is 18.2. The molecule has 0 unspecified atom stereocenters. The van der Waals surface area contributed by atoms with Gasteiger partial charge in [-0.05, 0) is 85.9 Å². The van der Waals surface area contributed by atoms with Crippen LogP contribution in [-0.4, -0.2) is 17.5 Å². The van der Waals surface area contributed by atoms with Crippen LogP contribution in [0.3, 0.4) is 0 Å². The predicted octanol–water partition coefficient (Wildman–Crippen LogP) is 5.01. The summed E-state index contributed by atoms with van der Waals surface area (Å²) in [4.78, 5) is 15.9. The maximum absolute atomic E-state index is 12.1. The normalized spacial score (nSPS) is 49.7. The molecule has 0 spiro atoms. The second kappa shape index (κ2) is 6.20. The van der Waals surface area contributed by atoms with Crippen LogP contribution in [0.2, 0.25) is 0 Å². The van der Waals surface area contributed by atoms with E-state index in [1.54, 1.807) is 0 Å². The molecule has 0 aromatic rings. The highest BCUT2D eigenvalue weighted by Gasteiger charge is 2.61. The average molecular weight is 356 g/mol. The molecule has 4 saturated carbocycles. The van der Waals surface area contributed by atoms with Gasteiger partial charge < -0.3 is 5.11 Å². The van der Waals surface area contributed by atoms with E-state index in [1.165, 1.54) is 24.8 Å². The Morgan fingerprint density at radius 1 is 1.27 bits per heavy atom. The minimum absolute atomic E-state index is 0.0941. The maximum atomic E-state index is 12.1. The van der Waals surface area contributed by atoms with Crippen LogP contribution in [0.15, 0.2) is 11.3 Å². The van der Waals surface area contributed by atoms with Gasteiger partial charge in [0, 0.05) is 19.4 Å². The molecular formula is C23H33NO2. The Bertz CT molecular complexity index is 689. The number of Topliss-reactive ketones (excluding diaryl/α,β-unsaturated/α-hetero) is 1. The summed E-state index contributed by atoms with van der Waals surface area (Å²) in [6, 6.07) is 0. The monoisotopic (exact) mass is 355 g/mol. The molecule has 0 aliphatic heterocycles. The van der Waals surface area contributed by atoms with Gasteiger partial charge in [-0.1, -0.05) is 19.4 Å². The summed E-state index contributed by atoms with van der Waals surface area (Å²) < 4.78 is 0. The Morgan fingerprint density at radius 3 is 2.73 bits per heavy atom. The summed E-state index contributed by atoms with van der Waals surface area (Å²) in [5, 5.41) is 10.4. The van der Waals surface area contributed by atoms with Crippen LogP contribution in [0, 0.1) is 47.0 Å². The second-order valence-corrected chi connectivity index (χ2v) is 10.1. The molecule has 0 heterocycles. The summed E-state index contributed by atoms with van der Waals surface area (Å²) in [5.41, 5.74) is 2.58. The van der Waals surface area contributed by atoms with Crippen molar-refractivity contribution in [2.75, 3.05) is 6.61 Å². The quantitative estimate of drug-likeness (QED) is 0.672. The third-order valence-corrected chi connectivity index (χ3v) is 9.18. The van der Waals surface area contributed by atoms with Gasteiger partial charge in [0.1, 0.15) is 5.78 Å². The summed E-state index contributed by atoms with van der Waals surface area (Å²) in [7, 11) is 0. The Labute approximate surface area is 158 Å². The van der Waals surface area contributed by atoms with Gasteiger partial charge >= 0.3 is 0 Å². The Hall–Kier alpha value is -1.14. The topological polar surface area (TPSA) is 41.7 Å². The highest BCUT2D eigenvalue weighted by Crippen LogP contribution is 2.68. The SMILES string of the molecule is [C-]#[N+]/C(C)=C1/CC[C@H]2[C@@H]3CC[C@H]4CC(=O)CC[C@]4(C)[C@H]3[C@@H](CO)C[C@]12C. The summed E-state index contributed by atoms with van der Waals surface area (Å²) >= 11 is 0. The highest BCUT2D eigenvalue weighted by molar-refractivity contribution is 5.79. The van der Waals surface area contributed by atoms with Gasteiger partial charge in [-0.25, -0.2) is 4.85 Å². The van der Waals surface area contributed by atoms with Gasteiger partial charge in [0.05, 0.1) is 6.57 Å². The fraction of sp³-hybridized carbons (Fsp3) is 0.826. The number of allylic oxidation sites excluding steroid dienone is 2. The van der Waals surface area contributed by atoms with E-state index in [2.05, 4.69) is 18.7 Å². The molecule has 0 amide bonds. The van der Waals surface area contributed by atoms with Crippen molar-refractivity contribution in [2.24, 2.45) is 40.4 Å². The summed E-state index contributed by atoms with van der Waals surface area (Å²) in [6.45, 7) is 14.6. The third-order valence-electron chi connectivity index (χ3n) is 9.18.